The van der Waals surface area contributed by atoms with E-state index in [4.69, 9.17) is 11.6 Å². The van der Waals surface area contributed by atoms with Gasteiger partial charge in [-0.2, -0.15) is 0 Å². The molecule has 100 valence electrons. The summed E-state index contributed by atoms with van der Waals surface area (Å²) in [5, 5.41) is 10.9. The predicted octanol–water partition coefficient (Wildman–Crippen LogP) is 4.94. The van der Waals surface area contributed by atoms with E-state index in [1.165, 1.54) is 6.07 Å². The molecule has 0 saturated carbocycles. The topological polar surface area (TPSA) is 20.2 Å². The molecule has 2 rings (SSSR count). The molecule has 0 radical (unpaired) electrons. The lowest BCUT2D eigenvalue weighted by Crippen LogP contribution is -2.03. The lowest BCUT2D eigenvalue weighted by atomic mass is 9.97. The fourth-order valence-corrected chi connectivity index (χ4v) is 2.71. The summed E-state index contributed by atoms with van der Waals surface area (Å²) in [4.78, 5) is 0. The molecule has 0 amide bonds. The average Bonchev–Trinajstić information content (AvgIpc) is 2.36. The third-order valence-electron chi connectivity index (χ3n) is 3.18. The quantitative estimate of drug-likeness (QED) is 0.819. The van der Waals surface area contributed by atoms with E-state index in [0.29, 0.717) is 16.1 Å². The zero-order chi connectivity index (χ0) is 14.2. The van der Waals surface area contributed by atoms with Gasteiger partial charge >= 0.3 is 0 Å². The van der Waals surface area contributed by atoms with E-state index in [9.17, 15) is 9.50 Å². The number of aryl methyl sites for hydroxylation is 2. The summed E-state index contributed by atoms with van der Waals surface area (Å²) >= 11 is 9.33. The third-order valence-corrected chi connectivity index (χ3v) is 4.35. The number of hydrogen-bond donors (Lipinski definition) is 1. The van der Waals surface area contributed by atoms with Crippen molar-refractivity contribution in [2.75, 3.05) is 0 Å². The van der Waals surface area contributed by atoms with Crippen molar-refractivity contribution in [1.29, 1.82) is 0 Å². The molecule has 2 aromatic rings. The van der Waals surface area contributed by atoms with E-state index in [1.54, 1.807) is 12.1 Å². The normalized spacial score (nSPS) is 12.5. The van der Waals surface area contributed by atoms with Crippen LogP contribution in [0.4, 0.5) is 4.39 Å². The van der Waals surface area contributed by atoms with Crippen molar-refractivity contribution in [3.05, 3.63) is 67.9 Å². The molecule has 0 saturated heterocycles. The van der Waals surface area contributed by atoms with Gasteiger partial charge in [0, 0.05) is 16.1 Å². The van der Waals surface area contributed by atoms with Crippen LogP contribution in [0.2, 0.25) is 5.02 Å². The Morgan fingerprint density at radius 2 is 1.79 bits per heavy atom. The minimum Gasteiger partial charge on any atom is -0.384 e. The molecule has 19 heavy (non-hydrogen) atoms. The molecule has 1 atom stereocenters. The Hall–Kier alpha value is -0.900. The second-order valence-corrected chi connectivity index (χ2v) is 5.70. The maximum atomic E-state index is 13.5. The molecular weight excluding hydrogens is 331 g/mol. The van der Waals surface area contributed by atoms with Crippen LogP contribution in [-0.4, -0.2) is 5.11 Å². The smallest absolute Gasteiger partial charge is 0.137 e. The largest absolute Gasteiger partial charge is 0.384 e. The summed E-state index contributed by atoms with van der Waals surface area (Å²) in [6.07, 6.45) is -0.961. The number of aliphatic hydroxyl groups excluding tert-OH is 1. The van der Waals surface area contributed by atoms with Crippen molar-refractivity contribution in [2.24, 2.45) is 0 Å². The highest BCUT2D eigenvalue weighted by atomic mass is 79.9. The molecule has 4 heteroatoms. The van der Waals surface area contributed by atoms with Crippen molar-refractivity contribution in [3.63, 3.8) is 0 Å². The molecule has 0 aliphatic heterocycles. The van der Waals surface area contributed by atoms with Crippen LogP contribution >= 0.6 is 27.5 Å². The molecule has 0 aromatic heterocycles. The van der Waals surface area contributed by atoms with Gasteiger partial charge in [0.2, 0.25) is 0 Å². The summed E-state index contributed by atoms with van der Waals surface area (Å²) in [7, 11) is 0. The summed E-state index contributed by atoms with van der Waals surface area (Å²) in [5.41, 5.74) is 3.13. The average molecular weight is 344 g/mol. The van der Waals surface area contributed by atoms with Gasteiger partial charge in [0.25, 0.3) is 0 Å². The van der Waals surface area contributed by atoms with E-state index >= 15 is 0 Å². The monoisotopic (exact) mass is 342 g/mol. The minimum atomic E-state index is -0.961. The van der Waals surface area contributed by atoms with Gasteiger partial charge in [-0.25, -0.2) is 4.39 Å². The molecule has 1 unspecified atom stereocenters. The van der Waals surface area contributed by atoms with Crippen LogP contribution in [0.3, 0.4) is 0 Å². The van der Waals surface area contributed by atoms with Gasteiger partial charge in [-0.1, -0.05) is 29.8 Å². The SMILES string of the molecule is Cc1cc(Cl)c(C(O)c2cccc(F)c2Br)cc1C. The molecule has 0 aliphatic carbocycles. The van der Waals surface area contributed by atoms with Crippen LogP contribution < -0.4 is 0 Å². The lowest BCUT2D eigenvalue weighted by Gasteiger charge is -2.16. The summed E-state index contributed by atoms with van der Waals surface area (Å²) in [5.74, 6) is -0.406. The molecule has 0 aliphatic rings. The van der Waals surface area contributed by atoms with Crippen LogP contribution in [0, 0.1) is 19.7 Å². The first-order chi connectivity index (χ1) is 8.91. The molecule has 2 aromatic carbocycles. The molecular formula is C15H13BrClFO. The minimum absolute atomic E-state index is 0.261. The number of benzene rings is 2. The predicted molar refractivity (Wildman–Crippen MR) is 79.1 cm³/mol. The van der Waals surface area contributed by atoms with Gasteiger partial charge in [0.1, 0.15) is 11.9 Å². The van der Waals surface area contributed by atoms with Crippen LogP contribution in [0.25, 0.3) is 0 Å². The maximum Gasteiger partial charge on any atom is 0.137 e. The highest BCUT2D eigenvalue weighted by Gasteiger charge is 2.19. The summed E-state index contributed by atoms with van der Waals surface area (Å²) in [6, 6.07) is 8.21. The fraction of sp³-hybridized carbons (Fsp3) is 0.200. The first-order valence-corrected chi connectivity index (χ1v) is 6.97. The maximum absolute atomic E-state index is 13.5. The first kappa shape index (κ1) is 14.5. The fourth-order valence-electron chi connectivity index (χ4n) is 1.91. The Kier molecular flexibility index (Phi) is 4.29. The number of aliphatic hydroxyl groups is 1. The van der Waals surface area contributed by atoms with Crippen molar-refractivity contribution in [1.82, 2.24) is 0 Å². The standard InChI is InChI=1S/C15H13BrClFO/c1-8-6-11(12(17)7-9(8)2)15(19)10-4-3-5-13(18)14(10)16/h3-7,15,19H,1-2H3. The van der Waals surface area contributed by atoms with E-state index in [-0.39, 0.29) is 4.47 Å². The van der Waals surface area contributed by atoms with Gasteiger partial charge < -0.3 is 5.11 Å². The zero-order valence-corrected chi connectivity index (χ0v) is 12.9. The second kappa shape index (κ2) is 5.61. The number of hydrogen-bond acceptors (Lipinski definition) is 1. The molecule has 1 nitrogen and oxygen atoms in total. The van der Waals surface area contributed by atoms with Gasteiger partial charge in [-0.05, 0) is 53.0 Å². The molecule has 0 bridgehead atoms. The summed E-state index contributed by atoms with van der Waals surface area (Å²) < 4.78 is 13.8. The molecule has 0 spiro atoms. The first-order valence-electron chi connectivity index (χ1n) is 5.80. The van der Waals surface area contributed by atoms with Crippen LogP contribution in [0.1, 0.15) is 28.4 Å². The van der Waals surface area contributed by atoms with Crippen molar-refractivity contribution < 1.29 is 9.50 Å². The van der Waals surface area contributed by atoms with Gasteiger partial charge in [0.05, 0.1) is 4.47 Å². The van der Waals surface area contributed by atoms with Crippen molar-refractivity contribution in [3.8, 4) is 0 Å². The lowest BCUT2D eigenvalue weighted by molar-refractivity contribution is 0.219. The van der Waals surface area contributed by atoms with Crippen molar-refractivity contribution in [2.45, 2.75) is 20.0 Å². The Bertz CT molecular complexity index is 628. The molecule has 1 N–H and O–H groups in total. The van der Waals surface area contributed by atoms with Gasteiger partial charge in [-0.15, -0.1) is 0 Å². The zero-order valence-electron chi connectivity index (χ0n) is 10.5. The highest BCUT2D eigenvalue weighted by Crippen LogP contribution is 2.34. The third kappa shape index (κ3) is 2.83. The van der Waals surface area contributed by atoms with Gasteiger partial charge in [-0.3, -0.25) is 0 Å². The van der Waals surface area contributed by atoms with E-state index in [0.717, 1.165) is 11.1 Å². The van der Waals surface area contributed by atoms with Crippen LogP contribution in [-0.2, 0) is 0 Å². The Morgan fingerprint density at radius 3 is 2.47 bits per heavy atom. The van der Waals surface area contributed by atoms with Crippen molar-refractivity contribution >= 4 is 27.5 Å². The molecule has 0 fully saturated rings. The van der Waals surface area contributed by atoms with E-state index in [1.807, 2.05) is 26.0 Å². The Morgan fingerprint density at radius 1 is 1.16 bits per heavy atom. The van der Waals surface area contributed by atoms with Gasteiger partial charge in [0.15, 0.2) is 0 Å². The van der Waals surface area contributed by atoms with Crippen LogP contribution in [0.5, 0.6) is 0 Å². The molecule has 0 heterocycles. The Labute approximate surface area is 125 Å². The number of halogens is 3. The second-order valence-electron chi connectivity index (χ2n) is 4.50. The van der Waals surface area contributed by atoms with Crippen LogP contribution in [0.15, 0.2) is 34.8 Å². The van der Waals surface area contributed by atoms with E-state index in [2.05, 4.69) is 15.9 Å². The summed E-state index contributed by atoms with van der Waals surface area (Å²) in [6.45, 7) is 3.90. The highest BCUT2D eigenvalue weighted by molar-refractivity contribution is 9.10. The number of rotatable bonds is 2. The van der Waals surface area contributed by atoms with E-state index < -0.39 is 11.9 Å². The Balaban J connectivity index is 2.53.